The van der Waals surface area contributed by atoms with Gasteiger partial charge in [-0.2, -0.15) is 8.42 Å². The van der Waals surface area contributed by atoms with Gasteiger partial charge in [-0.05, 0) is 6.42 Å². The van der Waals surface area contributed by atoms with Crippen LogP contribution in [0.15, 0.2) is 0 Å². The lowest BCUT2D eigenvalue weighted by atomic mass is 10.3. The Kier molecular flexibility index (Phi) is 4.94. The Morgan fingerprint density at radius 1 is 1.46 bits per heavy atom. The average Bonchev–Trinajstić information content (AvgIpc) is 2.01. The third-order valence-corrected chi connectivity index (χ3v) is 2.63. The first-order valence-corrected chi connectivity index (χ1v) is 5.67. The summed E-state index contributed by atoms with van der Waals surface area (Å²) in [6, 6.07) is 0. The Balaban J connectivity index is 4.36. The highest BCUT2D eigenvalue weighted by atomic mass is 32.2. The van der Waals surface area contributed by atoms with Crippen molar-refractivity contribution in [2.75, 3.05) is 0 Å². The normalized spacial score (nSPS) is 13.8. The molecule has 0 heterocycles. The van der Waals surface area contributed by atoms with Gasteiger partial charge >= 0.3 is 0 Å². The summed E-state index contributed by atoms with van der Waals surface area (Å²) in [5.41, 5.74) is 0. The fourth-order valence-electron chi connectivity index (χ4n) is 0.839. The van der Waals surface area contributed by atoms with Crippen LogP contribution in [0.4, 0.5) is 0 Å². The van der Waals surface area contributed by atoms with Gasteiger partial charge in [-0.1, -0.05) is 20.3 Å². The maximum absolute atomic E-state index is 10.9. The van der Waals surface area contributed by atoms with Crippen LogP contribution in [0.2, 0.25) is 0 Å². The van der Waals surface area contributed by atoms with Crippen molar-refractivity contribution in [2.45, 2.75) is 38.5 Å². The Hall–Kier alpha value is -0.620. The summed E-state index contributed by atoms with van der Waals surface area (Å²) in [4.78, 5) is 10.9. The number of carbonyl (C=O) groups is 1. The highest BCUT2D eigenvalue weighted by Crippen LogP contribution is 2.03. The minimum atomic E-state index is -4.16. The molecule has 0 aromatic heterocycles. The van der Waals surface area contributed by atoms with E-state index in [9.17, 15) is 13.2 Å². The second-order valence-corrected chi connectivity index (χ2v) is 4.31. The number of carbonyl (C=O) groups excluding carboxylic acids is 1. The molecule has 5 nitrogen and oxygen atoms in total. The first-order chi connectivity index (χ1) is 5.91. The number of hydrogen-bond acceptors (Lipinski definition) is 3. The third-order valence-electron chi connectivity index (χ3n) is 1.55. The van der Waals surface area contributed by atoms with Gasteiger partial charge in [-0.25, -0.2) is 0 Å². The van der Waals surface area contributed by atoms with Crippen molar-refractivity contribution in [3.05, 3.63) is 0 Å². The van der Waals surface area contributed by atoms with Crippen molar-refractivity contribution in [1.82, 2.24) is 5.32 Å². The van der Waals surface area contributed by atoms with E-state index in [1.165, 1.54) is 0 Å². The second-order valence-electron chi connectivity index (χ2n) is 2.71. The van der Waals surface area contributed by atoms with Crippen molar-refractivity contribution < 1.29 is 17.8 Å². The van der Waals surface area contributed by atoms with Gasteiger partial charge in [-0.3, -0.25) is 9.35 Å². The highest BCUT2D eigenvalue weighted by molar-refractivity contribution is 7.86. The Bertz CT molecular complexity index is 260. The molecule has 0 aromatic rings. The smallest absolute Gasteiger partial charge is 0.286 e. The summed E-state index contributed by atoms with van der Waals surface area (Å²) in [5, 5.41) is 1.07. The van der Waals surface area contributed by atoms with E-state index < -0.39 is 15.5 Å². The minimum Gasteiger partial charge on any atom is -0.338 e. The van der Waals surface area contributed by atoms with Crippen LogP contribution in [-0.2, 0) is 14.9 Å². The molecule has 0 fully saturated rings. The Morgan fingerprint density at radius 2 is 2.00 bits per heavy atom. The van der Waals surface area contributed by atoms with Gasteiger partial charge in [0, 0.05) is 6.42 Å². The van der Waals surface area contributed by atoms with E-state index in [1.54, 1.807) is 13.8 Å². The first kappa shape index (κ1) is 12.4. The van der Waals surface area contributed by atoms with Crippen molar-refractivity contribution in [2.24, 2.45) is 0 Å². The highest BCUT2D eigenvalue weighted by Gasteiger charge is 2.22. The molecule has 0 aliphatic carbocycles. The summed E-state index contributed by atoms with van der Waals surface area (Å²) in [7, 11) is -4.16. The topological polar surface area (TPSA) is 83.5 Å². The Morgan fingerprint density at radius 3 is 2.31 bits per heavy atom. The van der Waals surface area contributed by atoms with E-state index in [1.807, 2.05) is 0 Å². The summed E-state index contributed by atoms with van der Waals surface area (Å²) < 4.78 is 30.1. The molecule has 2 N–H and O–H groups in total. The molecule has 6 heteroatoms. The van der Waals surface area contributed by atoms with Crippen molar-refractivity contribution >= 4 is 16.0 Å². The predicted octanol–water partition coefficient (Wildman–Crippen LogP) is 0.527. The lowest BCUT2D eigenvalue weighted by Crippen LogP contribution is -2.40. The number of hydrogen-bond donors (Lipinski definition) is 2. The van der Waals surface area contributed by atoms with Gasteiger partial charge in [0.2, 0.25) is 5.91 Å². The SMILES string of the molecule is CCCC(NC(=O)CC)S(=O)(=O)O. The van der Waals surface area contributed by atoms with Gasteiger partial charge in [0.15, 0.2) is 5.37 Å². The van der Waals surface area contributed by atoms with E-state index in [-0.39, 0.29) is 18.7 Å². The number of rotatable bonds is 5. The molecule has 0 rings (SSSR count). The molecule has 1 atom stereocenters. The summed E-state index contributed by atoms with van der Waals surface area (Å²) in [6.07, 6.45) is 1.01. The molecule has 0 radical (unpaired) electrons. The van der Waals surface area contributed by atoms with Gasteiger partial charge < -0.3 is 5.32 Å². The monoisotopic (exact) mass is 209 g/mol. The molecule has 0 saturated carbocycles. The van der Waals surface area contributed by atoms with Gasteiger partial charge in [-0.15, -0.1) is 0 Å². The number of nitrogens with one attached hydrogen (secondary N) is 1. The van der Waals surface area contributed by atoms with E-state index in [0.29, 0.717) is 6.42 Å². The van der Waals surface area contributed by atoms with Gasteiger partial charge in [0.05, 0.1) is 0 Å². The molecule has 0 aromatic carbocycles. The lowest BCUT2D eigenvalue weighted by Gasteiger charge is -2.13. The number of amides is 1. The van der Waals surface area contributed by atoms with Crippen LogP contribution in [0, 0.1) is 0 Å². The summed E-state index contributed by atoms with van der Waals surface area (Å²) >= 11 is 0. The van der Waals surface area contributed by atoms with Gasteiger partial charge in [0.25, 0.3) is 10.1 Å². The minimum absolute atomic E-state index is 0.204. The predicted molar refractivity (Wildman–Crippen MR) is 48.7 cm³/mol. The molecular formula is C7H15NO4S. The van der Waals surface area contributed by atoms with Crippen molar-refractivity contribution in [3.63, 3.8) is 0 Å². The molecule has 0 aliphatic rings. The largest absolute Gasteiger partial charge is 0.338 e. The third kappa shape index (κ3) is 4.84. The van der Waals surface area contributed by atoms with E-state index >= 15 is 0 Å². The average molecular weight is 209 g/mol. The zero-order chi connectivity index (χ0) is 10.5. The zero-order valence-electron chi connectivity index (χ0n) is 7.78. The van der Waals surface area contributed by atoms with Crippen molar-refractivity contribution in [1.29, 1.82) is 0 Å². The zero-order valence-corrected chi connectivity index (χ0v) is 8.60. The maximum Gasteiger partial charge on any atom is 0.286 e. The molecule has 0 saturated heterocycles. The fraction of sp³-hybridized carbons (Fsp3) is 0.857. The van der Waals surface area contributed by atoms with Crippen LogP contribution in [0.25, 0.3) is 0 Å². The Labute approximate surface area is 78.3 Å². The molecule has 1 unspecified atom stereocenters. The van der Waals surface area contributed by atoms with Crippen LogP contribution in [0.3, 0.4) is 0 Å². The molecule has 78 valence electrons. The molecule has 0 spiro atoms. The second kappa shape index (κ2) is 5.18. The fourth-order valence-corrected chi connectivity index (χ4v) is 1.65. The van der Waals surface area contributed by atoms with Gasteiger partial charge in [0.1, 0.15) is 0 Å². The lowest BCUT2D eigenvalue weighted by molar-refractivity contribution is -0.121. The van der Waals surface area contributed by atoms with Crippen molar-refractivity contribution in [3.8, 4) is 0 Å². The van der Waals surface area contributed by atoms with Crippen LogP contribution in [0.1, 0.15) is 33.1 Å². The summed E-state index contributed by atoms with van der Waals surface area (Å²) in [5.74, 6) is -0.379. The van der Waals surface area contributed by atoms with Crippen LogP contribution in [-0.4, -0.2) is 24.3 Å². The van der Waals surface area contributed by atoms with Crippen LogP contribution >= 0.6 is 0 Å². The standard InChI is InChI=1S/C7H15NO4S/c1-3-5-7(13(10,11)12)8-6(9)4-2/h7H,3-5H2,1-2H3,(H,8,9)(H,10,11,12). The summed E-state index contributed by atoms with van der Waals surface area (Å²) in [6.45, 7) is 3.39. The molecular weight excluding hydrogens is 194 g/mol. The van der Waals surface area contributed by atoms with E-state index in [2.05, 4.69) is 5.32 Å². The molecule has 0 aliphatic heterocycles. The van der Waals surface area contributed by atoms with Crippen LogP contribution < -0.4 is 5.32 Å². The van der Waals surface area contributed by atoms with Crippen LogP contribution in [0.5, 0.6) is 0 Å². The van der Waals surface area contributed by atoms with E-state index in [0.717, 1.165) is 0 Å². The van der Waals surface area contributed by atoms with E-state index in [4.69, 9.17) is 4.55 Å². The first-order valence-electron chi connectivity index (χ1n) is 4.17. The molecule has 0 bridgehead atoms. The molecule has 13 heavy (non-hydrogen) atoms. The maximum atomic E-state index is 10.9. The molecule has 1 amide bonds. The quantitative estimate of drug-likeness (QED) is 0.647.